The van der Waals surface area contributed by atoms with Crippen molar-refractivity contribution in [1.82, 2.24) is 10.3 Å². The van der Waals surface area contributed by atoms with Crippen LogP contribution in [0.15, 0.2) is 66.9 Å². The molecule has 1 fully saturated rings. The lowest BCUT2D eigenvalue weighted by Gasteiger charge is -2.18. The van der Waals surface area contributed by atoms with E-state index in [0.29, 0.717) is 11.5 Å². The second kappa shape index (κ2) is 9.01. The number of nitrogens with one attached hydrogen (secondary N) is 2. The molecule has 1 atom stereocenters. The number of nitrogens with zero attached hydrogens (tertiary/aromatic N) is 1. The van der Waals surface area contributed by atoms with Crippen molar-refractivity contribution in [2.75, 3.05) is 18.4 Å². The summed E-state index contributed by atoms with van der Waals surface area (Å²) in [7, 11) is 0. The third-order valence-electron chi connectivity index (χ3n) is 5.68. The highest BCUT2D eigenvalue weighted by Crippen LogP contribution is 2.29. The van der Waals surface area contributed by atoms with Gasteiger partial charge in [0.1, 0.15) is 0 Å². The maximum absolute atomic E-state index is 13.2. The van der Waals surface area contributed by atoms with Crippen LogP contribution in [0, 0.1) is 6.92 Å². The number of anilines is 1. The van der Waals surface area contributed by atoms with Gasteiger partial charge in [-0.3, -0.25) is 9.78 Å². The zero-order chi connectivity index (χ0) is 20.1. The number of carbonyl (C=O) groups excluding carboxylic acids is 1. The first-order chi connectivity index (χ1) is 14.2. The third kappa shape index (κ3) is 4.38. The lowest BCUT2D eigenvalue weighted by Crippen LogP contribution is -2.22. The number of benzene rings is 2. The van der Waals surface area contributed by atoms with E-state index in [1.54, 1.807) is 0 Å². The molecule has 2 N–H and O–H groups in total. The Morgan fingerprint density at radius 2 is 1.90 bits per heavy atom. The second-order valence-electron chi connectivity index (χ2n) is 7.63. The average Bonchev–Trinajstić information content (AvgIpc) is 3.04. The molecule has 1 aliphatic heterocycles. The van der Waals surface area contributed by atoms with Crippen molar-refractivity contribution in [3.8, 4) is 11.1 Å². The first kappa shape index (κ1) is 19.3. The molecule has 1 unspecified atom stereocenters. The van der Waals surface area contributed by atoms with Gasteiger partial charge in [0, 0.05) is 24.2 Å². The summed E-state index contributed by atoms with van der Waals surface area (Å²) in [5.41, 5.74) is 5.67. The lowest BCUT2D eigenvalue weighted by atomic mass is 9.95. The summed E-state index contributed by atoms with van der Waals surface area (Å²) >= 11 is 0. The highest BCUT2D eigenvalue weighted by atomic mass is 16.1. The van der Waals surface area contributed by atoms with E-state index in [2.05, 4.69) is 33.8 Å². The summed E-state index contributed by atoms with van der Waals surface area (Å²) in [6, 6.07) is 19.9. The van der Waals surface area contributed by atoms with Gasteiger partial charge in [0.15, 0.2) is 0 Å². The van der Waals surface area contributed by atoms with E-state index in [4.69, 9.17) is 0 Å². The Hall–Kier alpha value is -2.98. The fraction of sp³-hybridized carbons (Fsp3) is 0.280. The van der Waals surface area contributed by atoms with Crippen LogP contribution in [0.5, 0.6) is 0 Å². The van der Waals surface area contributed by atoms with Crippen molar-refractivity contribution in [1.29, 1.82) is 0 Å². The topological polar surface area (TPSA) is 54.0 Å². The predicted octanol–water partition coefficient (Wildman–Crippen LogP) is 5.17. The molecule has 0 bridgehead atoms. The standard InChI is InChI=1S/C25H27N3O/c1-18-21(19-9-3-2-4-10-19)12-7-13-22(18)25(29)28-23-14-8-16-27-24(23)20-11-5-6-15-26-17-20/h2-4,7-10,12-14,16,20,26H,5-6,11,15,17H2,1H3,(H,28,29). The van der Waals surface area contributed by atoms with Crippen molar-refractivity contribution in [2.24, 2.45) is 0 Å². The molecular formula is C25H27N3O. The molecule has 1 aromatic heterocycles. The van der Waals surface area contributed by atoms with Gasteiger partial charge in [-0.05, 0) is 61.2 Å². The van der Waals surface area contributed by atoms with Gasteiger partial charge in [-0.15, -0.1) is 0 Å². The maximum atomic E-state index is 13.2. The summed E-state index contributed by atoms with van der Waals surface area (Å²) in [4.78, 5) is 17.8. The van der Waals surface area contributed by atoms with Gasteiger partial charge in [0.25, 0.3) is 5.91 Å². The van der Waals surface area contributed by atoms with Crippen LogP contribution in [0.2, 0.25) is 0 Å². The minimum absolute atomic E-state index is 0.0869. The molecule has 4 nitrogen and oxygen atoms in total. The summed E-state index contributed by atoms with van der Waals surface area (Å²) in [6.07, 6.45) is 5.28. The second-order valence-corrected chi connectivity index (χ2v) is 7.63. The number of amides is 1. The maximum Gasteiger partial charge on any atom is 0.256 e. The van der Waals surface area contributed by atoms with Crippen LogP contribution < -0.4 is 10.6 Å². The number of carbonyl (C=O) groups is 1. The van der Waals surface area contributed by atoms with Crippen LogP contribution in [0.4, 0.5) is 5.69 Å². The minimum Gasteiger partial charge on any atom is -0.320 e. The molecule has 1 aliphatic rings. The Labute approximate surface area is 172 Å². The Bertz CT molecular complexity index is 976. The van der Waals surface area contributed by atoms with Crippen LogP contribution in [-0.2, 0) is 0 Å². The molecule has 4 rings (SSSR count). The molecule has 0 saturated carbocycles. The minimum atomic E-state index is -0.0869. The van der Waals surface area contributed by atoms with Crippen LogP contribution in [0.25, 0.3) is 11.1 Å². The molecule has 3 aromatic rings. The summed E-state index contributed by atoms with van der Waals surface area (Å²) in [5, 5.41) is 6.62. The average molecular weight is 386 g/mol. The van der Waals surface area contributed by atoms with Gasteiger partial charge in [-0.2, -0.15) is 0 Å². The zero-order valence-electron chi connectivity index (χ0n) is 16.8. The van der Waals surface area contributed by atoms with E-state index in [1.165, 1.54) is 12.8 Å². The van der Waals surface area contributed by atoms with Crippen molar-refractivity contribution in [2.45, 2.75) is 32.1 Å². The van der Waals surface area contributed by atoms with Crippen LogP contribution in [-0.4, -0.2) is 24.0 Å². The molecule has 4 heteroatoms. The fourth-order valence-electron chi connectivity index (χ4n) is 4.10. The summed E-state index contributed by atoms with van der Waals surface area (Å²) < 4.78 is 0. The van der Waals surface area contributed by atoms with Crippen LogP contribution in [0.3, 0.4) is 0 Å². The van der Waals surface area contributed by atoms with Gasteiger partial charge in [0.05, 0.1) is 11.4 Å². The Morgan fingerprint density at radius 3 is 2.76 bits per heavy atom. The Morgan fingerprint density at radius 1 is 1.03 bits per heavy atom. The summed E-state index contributed by atoms with van der Waals surface area (Å²) in [6.45, 7) is 3.97. The van der Waals surface area contributed by atoms with Gasteiger partial charge >= 0.3 is 0 Å². The third-order valence-corrected chi connectivity index (χ3v) is 5.68. The highest BCUT2D eigenvalue weighted by Gasteiger charge is 2.20. The molecule has 0 spiro atoms. The molecule has 2 heterocycles. The first-order valence-corrected chi connectivity index (χ1v) is 10.4. The normalized spacial score (nSPS) is 16.8. The Balaban J connectivity index is 1.61. The van der Waals surface area contributed by atoms with Gasteiger partial charge in [-0.25, -0.2) is 0 Å². The van der Waals surface area contributed by atoms with E-state index >= 15 is 0 Å². The Kier molecular flexibility index (Phi) is 6.01. The van der Waals surface area contributed by atoms with Gasteiger partial charge < -0.3 is 10.6 Å². The van der Waals surface area contributed by atoms with Crippen molar-refractivity contribution < 1.29 is 4.79 Å². The summed E-state index contributed by atoms with van der Waals surface area (Å²) in [5.74, 6) is 0.238. The zero-order valence-corrected chi connectivity index (χ0v) is 16.8. The smallest absolute Gasteiger partial charge is 0.256 e. The first-order valence-electron chi connectivity index (χ1n) is 10.4. The van der Waals surface area contributed by atoms with Crippen molar-refractivity contribution in [3.63, 3.8) is 0 Å². The molecule has 1 saturated heterocycles. The quantitative estimate of drug-likeness (QED) is 0.652. The number of hydrogen-bond acceptors (Lipinski definition) is 3. The van der Waals surface area contributed by atoms with Crippen molar-refractivity contribution >= 4 is 11.6 Å². The largest absolute Gasteiger partial charge is 0.320 e. The number of aromatic nitrogens is 1. The van der Waals surface area contributed by atoms with Crippen molar-refractivity contribution in [3.05, 3.63) is 83.7 Å². The number of rotatable bonds is 4. The molecule has 0 radical (unpaired) electrons. The van der Waals surface area contributed by atoms with E-state index in [0.717, 1.165) is 47.6 Å². The van der Waals surface area contributed by atoms with E-state index < -0.39 is 0 Å². The van der Waals surface area contributed by atoms with E-state index in [-0.39, 0.29) is 5.91 Å². The molecule has 2 aromatic carbocycles. The molecule has 29 heavy (non-hydrogen) atoms. The SMILES string of the molecule is Cc1c(C(=O)Nc2cccnc2C2CCCCNC2)cccc1-c1ccccc1. The van der Waals surface area contributed by atoms with E-state index in [9.17, 15) is 4.79 Å². The fourth-order valence-corrected chi connectivity index (χ4v) is 4.10. The number of hydrogen-bond donors (Lipinski definition) is 2. The van der Waals surface area contributed by atoms with Crippen LogP contribution >= 0.6 is 0 Å². The number of pyridine rings is 1. The predicted molar refractivity (Wildman–Crippen MR) is 118 cm³/mol. The van der Waals surface area contributed by atoms with Gasteiger partial charge in [0.2, 0.25) is 0 Å². The van der Waals surface area contributed by atoms with Crippen LogP contribution in [0.1, 0.15) is 46.8 Å². The highest BCUT2D eigenvalue weighted by molar-refractivity contribution is 6.06. The molecule has 0 aliphatic carbocycles. The molecule has 148 valence electrons. The molecular weight excluding hydrogens is 358 g/mol. The lowest BCUT2D eigenvalue weighted by molar-refractivity contribution is 0.102. The monoisotopic (exact) mass is 385 g/mol. The van der Waals surface area contributed by atoms with E-state index in [1.807, 2.05) is 55.6 Å². The van der Waals surface area contributed by atoms with Gasteiger partial charge in [-0.1, -0.05) is 48.9 Å². The molecule has 1 amide bonds.